The molecule has 2 aromatic carbocycles. The Hall–Kier alpha value is -3.55. The van der Waals surface area contributed by atoms with Crippen molar-refractivity contribution in [3.63, 3.8) is 0 Å². The van der Waals surface area contributed by atoms with Crippen LogP contribution in [0.25, 0.3) is 11.1 Å². The van der Waals surface area contributed by atoms with Crippen LogP contribution in [0.15, 0.2) is 48.5 Å². The van der Waals surface area contributed by atoms with Crippen LogP contribution in [0.2, 0.25) is 0 Å². The molecule has 1 aliphatic heterocycles. The minimum atomic E-state index is -1.16. The number of rotatable bonds is 5. The van der Waals surface area contributed by atoms with Crippen molar-refractivity contribution in [1.29, 1.82) is 0 Å². The standard InChI is InChI=1S/C26H30N2O6/c1-26(2,3)34-25(32)28-13-12-16(14-28)22(23(29)30)27-24(31)33-15-21-19-10-6-4-8-17(19)18-9-5-7-11-20(18)21/h4-11,16,21-22H,12-15H2,1-3H3,(H,27,31)(H,29,30). The monoisotopic (exact) mass is 466 g/mol. The summed E-state index contributed by atoms with van der Waals surface area (Å²) in [5.41, 5.74) is 3.75. The molecule has 8 nitrogen and oxygen atoms in total. The van der Waals surface area contributed by atoms with Crippen molar-refractivity contribution in [3.8, 4) is 11.1 Å². The van der Waals surface area contributed by atoms with E-state index in [1.165, 1.54) is 4.90 Å². The summed E-state index contributed by atoms with van der Waals surface area (Å²) in [6, 6.07) is 14.8. The molecule has 1 saturated heterocycles. The van der Waals surface area contributed by atoms with Gasteiger partial charge in [0.25, 0.3) is 0 Å². The Morgan fingerprint density at radius 2 is 1.65 bits per heavy atom. The summed E-state index contributed by atoms with van der Waals surface area (Å²) in [7, 11) is 0. The topological polar surface area (TPSA) is 105 Å². The summed E-state index contributed by atoms with van der Waals surface area (Å²) >= 11 is 0. The summed E-state index contributed by atoms with van der Waals surface area (Å²) in [6.45, 7) is 5.98. The molecule has 8 heteroatoms. The quantitative estimate of drug-likeness (QED) is 0.683. The summed E-state index contributed by atoms with van der Waals surface area (Å²) in [5.74, 6) is -1.72. The molecule has 0 bridgehead atoms. The van der Waals surface area contributed by atoms with Crippen LogP contribution in [0.5, 0.6) is 0 Å². The highest BCUT2D eigenvalue weighted by Crippen LogP contribution is 2.44. The van der Waals surface area contributed by atoms with Gasteiger partial charge in [-0.2, -0.15) is 0 Å². The lowest BCUT2D eigenvalue weighted by Crippen LogP contribution is -2.47. The molecular formula is C26H30N2O6. The lowest BCUT2D eigenvalue weighted by atomic mass is 9.98. The van der Waals surface area contributed by atoms with E-state index >= 15 is 0 Å². The summed E-state index contributed by atoms with van der Waals surface area (Å²) < 4.78 is 10.9. The van der Waals surface area contributed by atoms with E-state index in [-0.39, 0.29) is 19.1 Å². The molecule has 1 heterocycles. The minimum Gasteiger partial charge on any atom is -0.480 e. The van der Waals surface area contributed by atoms with Crippen LogP contribution < -0.4 is 5.32 Å². The predicted molar refractivity (Wildman–Crippen MR) is 126 cm³/mol. The second-order valence-corrected chi connectivity index (χ2v) is 9.76. The number of nitrogens with zero attached hydrogens (tertiary/aromatic N) is 1. The molecule has 0 spiro atoms. The van der Waals surface area contributed by atoms with Crippen molar-refractivity contribution >= 4 is 18.2 Å². The first kappa shape index (κ1) is 23.6. The SMILES string of the molecule is CC(C)(C)OC(=O)N1CCC(C(NC(=O)OCC2c3ccccc3-c3ccccc32)C(=O)O)C1. The number of benzene rings is 2. The molecular weight excluding hydrogens is 436 g/mol. The zero-order chi connectivity index (χ0) is 24.5. The molecule has 34 heavy (non-hydrogen) atoms. The number of carbonyl (C=O) groups is 3. The number of amides is 2. The van der Waals surface area contributed by atoms with E-state index in [1.807, 2.05) is 48.5 Å². The fourth-order valence-corrected chi connectivity index (χ4v) is 4.70. The van der Waals surface area contributed by atoms with Crippen molar-refractivity contribution in [2.75, 3.05) is 19.7 Å². The van der Waals surface area contributed by atoms with Crippen molar-refractivity contribution < 1.29 is 29.0 Å². The number of hydrogen-bond acceptors (Lipinski definition) is 5. The van der Waals surface area contributed by atoms with E-state index in [0.29, 0.717) is 13.0 Å². The number of carboxylic acids is 1. The number of ether oxygens (including phenoxy) is 2. The van der Waals surface area contributed by atoms with E-state index < -0.39 is 35.7 Å². The van der Waals surface area contributed by atoms with Crippen molar-refractivity contribution in [3.05, 3.63) is 59.7 Å². The number of aliphatic carboxylic acids is 1. The Balaban J connectivity index is 1.37. The van der Waals surface area contributed by atoms with Gasteiger partial charge in [0.1, 0.15) is 18.2 Å². The van der Waals surface area contributed by atoms with E-state index in [4.69, 9.17) is 9.47 Å². The van der Waals surface area contributed by atoms with Crippen LogP contribution >= 0.6 is 0 Å². The predicted octanol–water partition coefficient (Wildman–Crippen LogP) is 4.24. The Bertz CT molecular complexity index is 1050. The smallest absolute Gasteiger partial charge is 0.410 e. The third kappa shape index (κ3) is 5.00. The molecule has 2 aromatic rings. The first-order valence-electron chi connectivity index (χ1n) is 11.5. The molecule has 1 fully saturated rings. The van der Waals surface area contributed by atoms with E-state index in [2.05, 4.69) is 5.32 Å². The second-order valence-electron chi connectivity index (χ2n) is 9.76. The van der Waals surface area contributed by atoms with Crippen LogP contribution in [-0.2, 0) is 14.3 Å². The molecule has 1 aliphatic carbocycles. The average Bonchev–Trinajstić information content (AvgIpc) is 3.38. The van der Waals surface area contributed by atoms with Gasteiger partial charge in [-0.1, -0.05) is 48.5 Å². The molecule has 2 aliphatic rings. The third-order valence-corrected chi connectivity index (χ3v) is 6.23. The Morgan fingerprint density at radius 3 is 2.21 bits per heavy atom. The highest BCUT2D eigenvalue weighted by atomic mass is 16.6. The van der Waals surface area contributed by atoms with Crippen LogP contribution in [-0.4, -0.2) is 59.5 Å². The first-order valence-corrected chi connectivity index (χ1v) is 11.5. The molecule has 0 saturated carbocycles. The highest BCUT2D eigenvalue weighted by Gasteiger charge is 2.38. The maximum Gasteiger partial charge on any atom is 0.410 e. The number of carboxylic acid groups (broad SMARTS) is 1. The molecule has 180 valence electrons. The molecule has 0 aromatic heterocycles. The van der Waals surface area contributed by atoms with Crippen molar-refractivity contribution in [1.82, 2.24) is 10.2 Å². The van der Waals surface area contributed by atoms with E-state index in [0.717, 1.165) is 22.3 Å². The van der Waals surface area contributed by atoms with Crippen molar-refractivity contribution in [2.45, 2.75) is 44.8 Å². The highest BCUT2D eigenvalue weighted by molar-refractivity contribution is 5.81. The first-order chi connectivity index (χ1) is 16.1. The minimum absolute atomic E-state index is 0.0981. The summed E-state index contributed by atoms with van der Waals surface area (Å²) in [6.07, 6.45) is -0.829. The fraction of sp³-hybridized carbons (Fsp3) is 0.423. The van der Waals surface area contributed by atoms with Crippen LogP contribution in [0, 0.1) is 5.92 Å². The molecule has 4 rings (SSSR count). The van der Waals surface area contributed by atoms with Gasteiger partial charge in [-0.05, 0) is 49.4 Å². The van der Waals surface area contributed by atoms with Gasteiger partial charge in [0, 0.05) is 24.9 Å². The van der Waals surface area contributed by atoms with Gasteiger partial charge in [-0.15, -0.1) is 0 Å². The number of nitrogens with one attached hydrogen (secondary N) is 1. The molecule has 2 atom stereocenters. The molecule has 2 N–H and O–H groups in total. The van der Waals surface area contributed by atoms with Gasteiger partial charge in [-0.25, -0.2) is 14.4 Å². The zero-order valence-electron chi connectivity index (χ0n) is 19.6. The van der Waals surface area contributed by atoms with Gasteiger partial charge >= 0.3 is 18.2 Å². The van der Waals surface area contributed by atoms with Gasteiger partial charge in [0.05, 0.1) is 0 Å². The lowest BCUT2D eigenvalue weighted by molar-refractivity contribution is -0.140. The van der Waals surface area contributed by atoms with Crippen LogP contribution in [0.1, 0.15) is 44.2 Å². The molecule has 0 radical (unpaired) electrons. The van der Waals surface area contributed by atoms with Crippen molar-refractivity contribution in [2.24, 2.45) is 5.92 Å². The summed E-state index contributed by atoms with van der Waals surface area (Å²) in [5, 5.41) is 12.2. The van der Waals surface area contributed by atoms with Gasteiger partial charge in [0.2, 0.25) is 0 Å². The van der Waals surface area contributed by atoms with Gasteiger partial charge < -0.3 is 24.8 Å². The largest absolute Gasteiger partial charge is 0.480 e. The number of alkyl carbamates (subject to hydrolysis) is 1. The maximum atomic E-state index is 12.6. The van der Waals surface area contributed by atoms with E-state index in [9.17, 15) is 19.5 Å². The number of carbonyl (C=O) groups excluding carboxylic acids is 2. The Morgan fingerprint density at radius 1 is 1.06 bits per heavy atom. The Labute approximate surface area is 198 Å². The summed E-state index contributed by atoms with van der Waals surface area (Å²) in [4.78, 5) is 38.3. The maximum absolute atomic E-state index is 12.6. The normalized spacial score (nSPS) is 18.1. The Kier molecular flexibility index (Phi) is 6.50. The van der Waals surface area contributed by atoms with E-state index in [1.54, 1.807) is 20.8 Å². The fourth-order valence-electron chi connectivity index (χ4n) is 4.70. The third-order valence-electron chi connectivity index (χ3n) is 6.23. The van der Waals surface area contributed by atoms with Gasteiger partial charge in [0.15, 0.2) is 0 Å². The second kappa shape index (κ2) is 9.37. The number of hydrogen-bond donors (Lipinski definition) is 2. The molecule has 2 unspecified atom stereocenters. The number of likely N-dealkylation sites (tertiary alicyclic amines) is 1. The zero-order valence-corrected chi connectivity index (χ0v) is 19.6. The number of fused-ring (bicyclic) bond motifs is 3. The molecule has 2 amide bonds. The average molecular weight is 467 g/mol. The van der Waals surface area contributed by atoms with Crippen LogP contribution in [0.4, 0.5) is 9.59 Å². The van der Waals surface area contributed by atoms with Crippen LogP contribution in [0.3, 0.4) is 0 Å². The lowest BCUT2D eigenvalue weighted by Gasteiger charge is -2.25. The van der Waals surface area contributed by atoms with Gasteiger partial charge in [-0.3, -0.25) is 0 Å².